The SMILES string of the molecule is O=C(c1cnn2c(C(F)(F)F)cc(-c3ccccc3)nc12)N1CCCC[C@@H]1c1cccnc1. The number of likely N-dealkylation sites (tertiary alicyclic amines) is 1. The normalized spacial score (nSPS) is 16.8. The second-order valence-electron chi connectivity index (χ2n) is 7.98. The van der Waals surface area contributed by atoms with Crippen molar-refractivity contribution in [2.45, 2.75) is 31.5 Å². The summed E-state index contributed by atoms with van der Waals surface area (Å²) in [5.74, 6) is -0.385. The van der Waals surface area contributed by atoms with Gasteiger partial charge in [0.15, 0.2) is 11.3 Å². The van der Waals surface area contributed by atoms with Crippen LogP contribution in [0, 0.1) is 0 Å². The second kappa shape index (κ2) is 8.31. The van der Waals surface area contributed by atoms with E-state index in [9.17, 15) is 18.0 Å². The van der Waals surface area contributed by atoms with Gasteiger partial charge < -0.3 is 4.90 Å². The van der Waals surface area contributed by atoms with Crippen molar-refractivity contribution in [1.82, 2.24) is 24.5 Å². The molecule has 0 N–H and O–H groups in total. The minimum atomic E-state index is -4.67. The molecule has 4 aromatic rings. The molecule has 0 unspecified atom stereocenters. The zero-order valence-corrected chi connectivity index (χ0v) is 17.5. The lowest BCUT2D eigenvalue weighted by Crippen LogP contribution is -2.38. The largest absolute Gasteiger partial charge is 0.433 e. The highest BCUT2D eigenvalue weighted by atomic mass is 19.4. The van der Waals surface area contributed by atoms with Crippen LogP contribution in [0.25, 0.3) is 16.9 Å². The number of hydrogen-bond acceptors (Lipinski definition) is 4. The van der Waals surface area contributed by atoms with Crippen LogP contribution in [0.4, 0.5) is 13.2 Å². The van der Waals surface area contributed by atoms with Crippen molar-refractivity contribution < 1.29 is 18.0 Å². The third kappa shape index (κ3) is 3.94. The van der Waals surface area contributed by atoms with Crippen molar-refractivity contribution in [2.24, 2.45) is 0 Å². The summed E-state index contributed by atoms with van der Waals surface area (Å²) in [6.45, 7) is 0.500. The fraction of sp³-hybridized carbons (Fsp3) is 0.250. The van der Waals surface area contributed by atoms with Gasteiger partial charge in [0, 0.05) is 24.5 Å². The topological polar surface area (TPSA) is 63.4 Å². The van der Waals surface area contributed by atoms with E-state index in [1.54, 1.807) is 47.6 Å². The Morgan fingerprint density at radius 3 is 2.58 bits per heavy atom. The van der Waals surface area contributed by atoms with E-state index < -0.39 is 11.9 Å². The first-order valence-corrected chi connectivity index (χ1v) is 10.7. The molecule has 1 atom stereocenters. The Morgan fingerprint density at radius 2 is 1.85 bits per heavy atom. The van der Waals surface area contributed by atoms with E-state index in [4.69, 9.17) is 0 Å². The lowest BCUT2D eigenvalue weighted by molar-refractivity contribution is -0.142. The number of halogens is 3. The van der Waals surface area contributed by atoms with Crippen LogP contribution in [-0.2, 0) is 6.18 Å². The molecule has 5 rings (SSSR count). The number of nitrogens with zero attached hydrogens (tertiary/aromatic N) is 5. The Labute approximate surface area is 187 Å². The minimum Gasteiger partial charge on any atom is -0.331 e. The lowest BCUT2D eigenvalue weighted by Gasteiger charge is -2.35. The van der Waals surface area contributed by atoms with E-state index in [0.29, 0.717) is 16.6 Å². The average Bonchev–Trinajstić information content (AvgIpc) is 3.27. The van der Waals surface area contributed by atoms with E-state index in [2.05, 4.69) is 15.1 Å². The van der Waals surface area contributed by atoms with Crippen LogP contribution in [0.1, 0.15) is 46.9 Å². The van der Waals surface area contributed by atoms with Crippen LogP contribution >= 0.6 is 0 Å². The smallest absolute Gasteiger partial charge is 0.331 e. The molecule has 3 aromatic heterocycles. The summed E-state index contributed by atoms with van der Waals surface area (Å²) >= 11 is 0. The summed E-state index contributed by atoms with van der Waals surface area (Å²) < 4.78 is 42.3. The standard InChI is InChI=1S/C24H20F3N5O/c25-24(26,27)21-13-19(16-7-2-1-3-8-16)30-22-18(15-29-32(21)22)23(33)31-12-5-4-10-20(31)17-9-6-11-28-14-17/h1-3,6-9,11,13-15,20H,4-5,10,12H2/t20-/m1/s1. The first-order chi connectivity index (χ1) is 15.9. The quantitative estimate of drug-likeness (QED) is 0.431. The van der Waals surface area contributed by atoms with Crippen LogP contribution in [0.2, 0.25) is 0 Å². The van der Waals surface area contributed by atoms with Gasteiger partial charge in [0.2, 0.25) is 0 Å². The van der Waals surface area contributed by atoms with Gasteiger partial charge in [0.25, 0.3) is 5.91 Å². The number of benzene rings is 1. The number of rotatable bonds is 3. The van der Waals surface area contributed by atoms with Gasteiger partial charge in [-0.05, 0) is 37.0 Å². The highest BCUT2D eigenvalue weighted by Crippen LogP contribution is 2.35. The fourth-order valence-electron chi connectivity index (χ4n) is 4.32. The number of piperidine rings is 1. The van der Waals surface area contributed by atoms with Crippen LogP contribution in [0.5, 0.6) is 0 Å². The predicted octanol–water partition coefficient (Wildman–Crippen LogP) is 5.18. The molecule has 1 aliphatic heterocycles. The minimum absolute atomic E-state index is 0.0501. The highest BCUT2D eigenvalue weighted by molar-refractivity contribution is 6.00. The van der Waals surface area contributed by atoms with Crippen molar-refractivity contribution in [3.05, 3.63) is 83.9 Å². The summed E-state index contributed by atoms with van der Waals surface area (Å²) in [6, 6.07) is 13.1. The van der Waals surface area contributed by atoms with Crippen molar-refractivity contribution >= 4 is 11.6 Å². The van der Waals surface area contributed by atoms with Gasteiger partial charge in [-0.2, -0.15) is 18.3 Å². The average molecular weight is 451 g/mol. The molecule has 9 heteroatoms. The molecular weight excluding hydrogens is 431 g/mol. The summed E-state index contributed by atoms with van der Waals surface area (Å²) in [5.41, 5.74) is 0.519. The molecule has 0 saturated carbocycles. The van der Waals surface area contributed by atoms with Gasteiger partial charge in [0.1, 0.15) is 5.56 Å². The van der Waals surface area contributed by atoms with E-state index in [1.807, 2.05) is 12.1 Å². The van der Waals surface area contributed by atoms with E-state index in [1.165, 1.54) is 6.20 Å². The number of aromatic nitrogens is 4. The fourth-order valence-corrected chi connectivity index (χ4v) is 4.32. The Kier molecular flexibility index (Phi) is 5.32. The molecule has 168 valence electrons. The Balaban J connectivity index is 1.63. The van der Waals surface area contributed by atoms with Gasteiger partial charge in [-0.3, -0.25) is 9.78 Å². The lowest BCUT2D eigenvalue weighted by atomic mass is 9.95. The van der Waals surface area contributed by atoms with E-state index in [0.717, 1.165) is 30.9 Å². The zero-order chi connectivity index (χ0) is 23.0. The van der Waals surface area contributed by atoms with Crippen LogP contribution in [0.15, 0.2) is 67.1 Å². The number of pyridine rings is 1. The molecule has 1 amide bonds. The van der Waals surface area contributed by atoms with Gasteiger partial charge in [-0.25, -0.2) is 9.50 Å². The molecule has 6 nitrogen and oxygen atoms in total. The highest BCUT2D eigenvalue weighted by Gasteiger charge is 2.37. The van der Waals surface area contributed by atoms with Crippen LogP contribution in [-0.4, -0.2) is 36.9 Å². The molecule has 1 aliphatic rings. The van der Waals surface area contributed by atoms with Crippen molar-refractivity contribution in [2.75, 3.05) is 6.54 Å². The molecule has 0 aliphatic carbocycles. The number of amides is 1. The summed E-state index contributed by atoms with van der Waals surface area (Å²) in [4.78, 5) is 23.9. The number of fused-ring (bicyclic) bond motifs is 1. The maximum absolute atomic E-state index is 13.9. The third-order valence-electron chi connectivity index (χ3n) is 5.90. The van der Waals surface area contributed by atoms with Crippen molar-refractivity contribution in [3.8, 4) is 11.3 Å². The third-order valence-corrected chi connectivity index (χ3v) is 5.90. The van der Waals surface area contributed by atoms with Crippen LogP contribution in [0.3, 0.4) is 0 Å². The number of hydrogen-bond donors (Lipinski definition) is 0. The molecule has 0 radical (unpaired) electrons. The number of carbonyl (C=O) groups excluding carboxylic acids is 1. The van der Waals surface area contributed by atoms with Crippen molar-refractivity contribution in [1.29, 1.82) is 0 Å². The maximum atomic E-state index is 13.9. The molecule has 0 bridgehead atoms. The molecule has 4 heterocycles. The van der Waals surface area contributed by atoms with Gasteiger partial charge in [0.05, 0.1) is 17.9 Å². The molecule has 1 saturated heterocycles. The van der Waals surface area contributed by atoms with Gasteiger partial charge in [-0.15, -0.1) is 0 Å². The Morgan fingerprint density at radius 1 is 1.03 bits per heavy atom. The summed E-state index contributed by atoms with van der Waals surface area (Å²) in [6.07, 6.45) is 2.43. The molecule has 33 heavy (non-hydrogen) atoms. The van der Waals surface area contributed by atoms with Crippen LogP contribution < -0.4 is 0 Å². The monoisotopic (exact) mass is 451 g/mol. The Bertz CT molecular complexity index is 1290. The van der Waals surface area contributed by atoms with Gasteiger partial charge >= 0.3 is 6.18 Å². The first kappa shape index (κ1) is 21.1. The molecule has 1 fully saturated rings. The van der Waals surface area contributed by atoms with Gasteiger partial charge in [-0.1, -0.05) is 36.4 Å². The second-order valence-corrected chi connectivity index (χ2v) is 7.98. The number of alkyl halides is 3. The number of carbonyl (C=O) groups is 1. The maximum Gasteiger partial charge on any atom is 0.433 e. The summed E-state index contributed by atoms with van der Waals surface area (Å²) in [5, 5.41) is 3.91. The molecule has 1 aromatic carbocycles. The molecular formula is C24H20F3N5O. The predicted molar refractivity (Wildman–Crippen MR) is 115 cm³/mol. The Hall–Kier alpha value is -3.75. The summed E-state index contributed by atoms with van der Waals surface area (Å²) in [7, 11) is 0. The zero-order valence-electron chi connectivity index (χ0n) is 17.5. The van der Waals surface area contributed by atoms with E-state index in [-0.39, 0.29) is 28.9 Å². The van der Waals surface area contributed by atoms with Crippen molar-refractivity contribution in [3.63, 3.8) is 0 Å². The molecule has 0 spiro atoms. The van der Waals surface area contributed by atoms with E-state index >= 15 is 0 Å². The first-order valence-electron chi connectivity index (χ1n) is 10.7.